The third-order valence-corrected chi connectivity index (χ3v) is 6.98. The molecule has 0 saturated heterocycles. The van der Waals surface area contributed by atoms with Crippen LogP contribution in [0.15, 0.2) is 96.5 Å². The molecule has 0 spiro atoms. The fourth-order valence-corrected chi connectivity index (χ4v) is 4.96. The number of ether oxygens (including phenoxy) is 1. The summed E-state index contributed by atoms with van der Waals surface area (Å²) in [5, 5.41) is 0. The second-order valence-corrected chi connectivity index (χ2v) is 14.8. The van der Waals surface area contributed by atoms with Gasteiger partial charge in [-0.2, -0.15) is 0 Å². The second-order valence-electron chi connectivity index (χ2n) is 7.05. The summed E-state index contributed by atoms with van der Waals surface area (Å²) in [6.07, 6.45) is 9.87. The molecule has 4 rings (SSSR count). The van der Waals surface area contributed by atoms with Crippen LogP contribution in [-0.4, -0.2) is 6.47 Å². The molecular formula is C24H18Br4O. The molecule has 0 aliphatic heterocycles. The minimum atomic E-state index is -0.314. The van der Waals surface area contributed by atoms with Crippen LogP contribution in [0.1, 0.15) is 24.0 Å². The molecule has 0 atom stereocenters. The standard InChI is InChI=1S/C24H18Br4O/c25-23(26)13-11-19(17-7-3-1-4-8-17)21(15-23)29-22-16-24(27,28)14-12-20(22)18-9-5-2-6-10-18/h1-14H,15-16H2. The number of rotatable bonds is 4. The predicted octanol–water partition coefficient (Wildman–Crippen LogP) is 8.72. The van der Waals surface area contributed by atoms with E-state index < -0.39 is 0 Å². The van der Waals surface area contributed by atoms with Crippen LogP contribution in [0.5, 0.6) is 0 Å². The second kappa shape index (κ2) is 8.70. The molecule has 0 N–H and O–H groups in total. The highest BCUT2D eigenvalue weighted by molar-refractivity contribution is 9.25. The molecule has 0 aromatic heterocycles. The third-order valence-electron chi connectivity index (χ3n) is 4.80. The van der Waals surface area contributed by atoms with Crippen molar-refractivity contribution in [2.24, 2.45) is 0 Å². The van der Waals surface area contributed by atoms with Crippen molar-refractivity contribution in [2.45, 2.75) is 19.3 Å². The summed E-state index contributed by atoms with van der Waals surface area (Å²) < 4.78 is 6.05. The Kier molecular flexibility index (Phi) is 6.41. The Bertz CT molecular complexity index is 932. The molecule has 0 saturated carbocycles. The maximum atomic E-state index is 6.67. The lowest BCUT2D eigenvalue weighted by Crippen LogP contribution is -2.19. The van der Waals surface area contributed by atoms with Crippen molar-refractivity contribution in [3.05, 3.63) is 108 Å². The predicted molar refractivity (Wildman–Crippen MR) is 136 cm³/mol. The van der Waals surface area contributed by atoms with Crippen molar-refractivity contribution in [1.29, 1.82) is 0 Å². The van der Waals surface area contributed by atoms with Crippen molar-refractivity contribution < 1.29 is 4.74 Å². The van der Waals surface area contributed by atoms with Crippen molar-refractivity contribution >= 4 is 74.9 Å². The Morgan fingerprint density at radius 2 is 0.966 bits per heavy atom. The molecule has 148 valence electrons. The van der Waals surface area contributed by atoms with E-state index in [-0.39, 0.29) is 6.47 Å². The first kappa shape index (κ1) is 21.4. The lowest BCUT2D eigenvalue weighted by molar-refractivity contribution is 0.281. The smallest absolute Gasteiger partial charge is 0.114 e. The van der Waals surface area contributed by atoms with Crippen molar-refractivity contribution in [1.82, 2.24) is 0 Å². The Hall–Kier alpha value is -0.880. The first-order valence-corrected chi connectivity index (χ1v) is 12.4. The van der Waals surface area contributed by atoms with Crippen LogP contribution in [0.3, 0.4) is 0 Å². The van der Waals surface area contributed by atoms with Gasteiger partial charge in [-0.15, -0.1) is 0 Å². The summed E-state index contributed by atoms with van der Waals surface area (Å²) in [7, 11) is 0. The molecule has 2 aromatic rings. The topological polar surface area (TPSA) is 9.23 Å². The summed E-state index contributed by atoms with van der Waals surface area (Å²) in [6.45, 7) is 0. The van der Waals surface area contributed by atoms with E-state index in [1.54, 1.807) is 0 Å². The maximum absolute atomic E-state index is 6.67. The average Bonchev–Trinajstić information content (AvgIpc) is 2.68. The molecule has 2 aliphatic carbocycles. The van der Waals surface area contributed by atoms with Crippen molar-refractivity contribution in [2.75, 3.05) is 0 Å². The number of alkyl halides is 4. The van der Waals surface area contributed by atoms with Crippen molar-refractivity contribution in [3.8, 4) is 0 Å². The highest BCUT2D eigenvalue weighted by Crippen LogP contribution is 2.47. The number of benzene rings is 2. The Labute approximate surface area is 205 Å². The zero-order valence-corrected chi connectivity index (χ0v) is 21.8. The summed E-state index contributed by atoms with van der Waals surface area (Å²) in [5.74, 6) is 1.86. The van der Waals surface area contributed by atoms with Gasteiger partial charge in [0.25, 0.3) is 0 Å². The molecular weight excluding hydrogens is 624 g/mol. The van der Waals surface area contributed by atoms with E-state index in [4.69, 9.17) is 4.74 Å². The molecule has 0 bridgehead atoms. The molecule has 1 nitrogen and oxygen atoms in total. The van der Waals surface area contributed by atoms with E-state index in [1.165, 1.54) is 0 Å². The minimum Gasteiger partial charge on any atom is -0.465 e. The molecule has 0 unspecified atom stereocenters. The largest absolute Gasteiger partial charge is 0.465 e. The molecule has 29 heavy (non-hydrogen) atoms. The highest BCUT2D eigenvalue weighted by atomic mass is 79.9. The lowest BCUT2D eigenvalue weighted by atomic mass is 9.96. The highest BCUT2D eigenvalue weighted by Gasteiger charge is 2.32. The van der Waals surface area contributed by atoms with Gasteiger partial charge in [-0.25, -0.2) is 0 Å². The average molecular weight is 642 g/mol. The summed E-state index contributed by atoms with van der Waals surface area (Å²) >= 11 is 15.0. The maximum Gasteiger partial charge on any atom is 0.114 e. The van der Waals surface area contributed by atoms with Gasteiger partial charge in [-0.1, -0.05) is 149 Å². The van der Waals surface area contributed by atoms with Gasteiger partial charge in [-0.05, 0) is 11.1 Å². The van der Waals surface area contributed by atoms with Crippen LogP contribution in [-0.2, 0) is 4.74 Å². The Morgan fingerprint density at radius 1 is 0.586 bits per heavy atom. The number of hydrogen-bond acceptors (Lipinski definition) is 1. The van der Waals surface area contributed by atoms with E-state index in [0.717, 1.165) is 33.8 Å². The molecule has 0 fully saturated rings. The fourth-order valence-electron chi connectivity index (χ4n) is 3.41. The number of hydrogen-bond donors (Lipinski definition) is 0. The van der Waals surface area contributed by atoms with Crippen LogP contribution in [0, 0.1) is 0 Å². The van der Waals surface area contributed by atoms with Crippen molar-refractivity contribution in [3.63, 3.8) is 0 Å². The first-order valence-electron chi connectivity index (χ1n) is 9.22. The molecule has 0 radical (unpaired) electrons. The van der Waals surface area contributed by atoms with Gasteiger partial charge >= 0.3 is 0 Å². The van der Waals surface area contributed by atoms with E-state index in [0.29, 0.717) is 12.8 Å². The van der Waals surface area contributed by atoms with Crippen LogP contribution in [0.25, 0.3) is 11.1 Å². The minimum absolute atomic E-state index is 0.314. The summed E-state index contributed by atoms with van der Waals surface area (Å²) in [6, 6.07) is 20.7. The number of halogens is 4. The van der Waals surface area contributed by atoms with E-state index in [9.17, 15) is 0 Å². The van der Waals surface area contributed by atoms with E-state index in [2.05, 4.69) is 137 Å². The van der Waals surface area contributed by atoms with Gasteiger partial charge in [0.1, 0.15) is 18.0 Å². The Balaban J connectivity index is 1.80. The third kappa shape index (κ3) is 5.25. The fraction of sp³-hybridized carbons (Fsp3) is 0.167. The first-order chi connectivity index (χ1) is 13.8. The van der Waals surface area contributed by atoms with Crippen LogP contribution in [0.4, 0.5) is 0 Å². The molecule has 0 heterocycles. The molecule has 2 aromatic carbocycles. The van der Waals surface area contributed by atoms with E-state index >= 15 is 0 Å². The van der Waals surface area contributed by atoms with Gasteiger partial charge in [-0.3, -0.25) is 0 Å². The zero-order valence-electron chi connectivity index (χ0n) is 15.4. The van der Waals surface area contributed by atoms with Crippen LogP contribution >= 0.6 is 63.7 Å². The normalized spacial score (nSPS) is 20.1. The van der Waals surface area contributed by atoms with E-state index in [1.807, 2.05) is 12.1 Å². The quantitative estimate of drug-likeness (QED) is 0.304. The van der Waals surface area contributed by atoms with Gasteiger partial charge in [0, 0.05) is 24.0 Å². The van der Waals surface area contributed by atoms with Gasteiger partial charge < -0.3 is 4.74 Å². The molecule has 2 aliphatic rings. The van der Waals surface area contributed by atoms with Crippen LogP contribution in [0.2, 0.25) is 0 Å². The summed E-state index contributed by atoms with van der Waals surface area (Å²) in [5.41, 5.74) is 4.49. The van der Waals surface area contributed by atoms with Crippen LogP contribution < -0.4 is 0 Å². The lowest BCUT2D eigenvalue weighted by Gasteiger charge is -2.30. The Morgan fingerprint density at radius 3 is 1.34 bits per heavy atom. The van der Waals surface area contributed by atoms with Gasteiger partial charge in [0.05, 0.1) is 0 Å². The zero-order chi connectivity index (χ0) is 20.5. The summed E-state index contributed by atoms with van der Waals surface area (Å²) in [4.78, 5) is 0. The number of allylic oxidation sites excluding steroid dienone is 8. The molecule has 5 heteroatoms. The SMILES string of the molecule is BrC1(Br)C=CC(c2ccccc2)=C(OC2=C(c3ccccc3)C=CC(Br)(Br)C2)C1. The monoisotopic (exact) mass is 638 g/mol. The molecule has 0 amide bonds. The van der Waals surface area contributed by atoms with Gasteiger partial charge in [0.2, 0.25) is 0 Å². The van der Waals surface area contributed by atoms with Gasteiger partial charge in [0.15, 0.2) is 0 Å².